The van der Waals surface area contributed by atoms with Gasteiger partial charge in [0.25, 0.3) is 0 Å². The van der Waals surface area contributed by atoms with Crippen LogP contribution < -0.4 is 0 Å². The Labute approximate surface area is 241 Å². The SMILES string of the molecule is c1ccc(C(PPC(c2ccccc2)(c2ccccc2)c2ccccc2)(c2ccccc2)c2ccccc2)cc1. The molecule has 0 N–H and O–H groups in total. The Hall–Kier alpha value is -3.82. The molecule has 0 aliphatic carbocycles. The molecule has 0 bridgehead atoms. The quantitative estimate of drug-likeness (QED) is 0.124. The van der Waals surface area contributed by atoms with Gasteiger partial charge in [0.2, 0.25) is 0 Å². The van der Waals surface area contributed by atoms with E-state index in [0.717, 1.165) is 0 Å². The van der Waals surface area contributed by atoms with Crippen LogP contribution in [0.25, 0.3) is 0 Å². The maximum Gasteiger partial charge on any atom is 0.0658 e. The van der Waals surface area contributed by atoms with Crippen LogP contribution in [0.5, 0.6) is 0 Å². The number of rotatable bonds is 9. The fourth-order valence-electron chi connectivity index (χ4n) is 5.75. The highest BCUT2D eigenvalue weighted by Gasteiger charge is 2.42. The van der Waals surface area contributed by atoms with Crippen molar-refractivity contribution in [3.63, 3.8) is 0 Å². The molecule has 0 radical (unpaired) electrons. The zero-order valence-corrected chi connectivity index (χ0v) is 24.3. The normalized spacial score (nSPS) is 12.3. The van der Waals surface area contributed by atoms with Crippen LogP contribution in [0, 0.1) is 0 Å². The van der Waals surface area contributed by atoms with E-state index in [0.29, 0.717) is 16.5 Å². The van der Waals surface area contributed by atoms with Gasteiger partial charge in [-0.25, -0.2) is 0 Å². The second-order valence-electron chi connectivity index (χ2n) is 9.95. The second-order valence-corrected chi connectivity index (χ2v) is 13.4. The summed E-state index contributed by atoms with van der Waals surface area (Å²) >= 11 is 0. The molecule has 0 aromatic heterocycles. The zero-order valence-electron chi connectivity index (χ0n) is 22.3. The van der Waals surface area contributed by atoms with Crippen LogP contribution in [0.1, 0.15) is 33.4 Å². The summed E-state index contributed by atoms with van der Waals surface area (Å²) in [7, 11) is 1.16. The van der Waals surface area contributed by atoms with Crippen molar-refractivity contribution in [1.82, 2.24) is 0 Å². The number of hydrogen-bond donors (Lipinski definition) is 0. The molecule has 0 saturated carbocycles. The molecule has 2 unspecified atom stereocenters. The van der Waals surface area contributed by atoms with Crippen molar-refractivity contribution in [1.29, 1.82) is 0 Å². The number of hydrogen-bond acceptors (Lipinski definition) is 0. The van der Waals surface area contributed by atoms with Gasteiger partial charge >= 0.3 is 0 Å². The first-order valence-corrected chi connectivity index (χ1v) is 16.7. The van der Waals surface area contributed by atoms with E-state index >= 15 is 0 Å². The summed E-state index contributed by atoms with van der Waals surface area (Å²) in [4.78, 5) is 0. The monoisotopic (exact) mass is 550 g/mol. The Morgan fingerprint density at radius 3 is 0.525 bits per heavy atom. The Morgan fingerprint density at radius 1 is 0.225 bits per heavy atom. The Bertz CT molecular complexity index is 1280. The molecule has 2 heteroatoms. The second kappa shape index (κ2) is 12.1. The molecule has 0 amide bonds. The van der Waals surface area contributed by atoms with Crippen molar-refractivity contribution in [2.24, 2.45) is 0 Å². The molecule has 2 atom stereocenters. The maximum absolute atomic E-state index is 2.31. The maximum atomic E-state index is 2.31. The molecule has 40 heavy (non-hydrogen) atoms. The first-order chi connectivity index (χ1) is 19.8. The predicted molar refractivity (Wildman–Crippen MR) is 175 cm³/mol. The van der Waals surface area contributed by atoms with Gasteiger partial charge in [-0.3, -0.25) is 0 Å². The summed E-state index contributed by atoms with van der Waals surface area (Å²) in [5, 5.41) is -0.572. The molecule has 6 aromatic carbocycles. The summed E-state index contributed by atoms with van der Waals surface area (Å²) in [6.07, 6.45) is 0. The van der Waals surface area contributed by atoms with Gasteiger partial charge in [0.05, 0.1) is 10.3 Å². The molecule has 6 aromatic rings. The average molecular weight is 551 g/mol. The minimum Gasteiger partial charge on any atom is -0.0773 e. The van der Waals surface area contributed by atoms with E-state index in [1.54, 1.807) is 0 Å². The first kappa shape index (κ1) is 26.4. The number of benzene rings is 6. The predicted octanol–water partition coefficient (Wildman–Crippen LogP) is 10.2. The van der Waals surface area contributed by atoms with E-state index in [4.69, 9.17) is 0 Å². The molecule has 0 nitrogen and oxygen atoms in total. The average Bonchev–Trinajstić information content (AvgIpc) is 3.06. The van der Waals surface area contributed by atoms with Gasteiger partial charge in [-0.1, -0.05) is 199 Å². The molecule has 194 valence electrons. The van der Waals surface area contributed by atoms with E-state index in [1.807, 2.05) is 0 Å². The van der Waals surface area contributed by atoms with E-state index in [-0.39, 0.29) is 10.3 Å². The third-order valence-electron chi connectivity index (χ3n) is 7.68. The fraction of sp³-hybridized carbons (Fsp3) is 0.0526. The van der Waals surface area contributed by atoms with Crippen LogP contribution in [0.15, 0.2) is 182 Å². The third-order valence-corrected chi connectivity index (χ3v) is 12.9. The van der Waals surface area contributed by atoms with Crippen LogP contribution in [-0.2, 0) is 10.3 Å². The first-order valence-electron chi connectivity index (χ1n) is 13.7. The Balaban J connectivity index is 1.62. The van der Waals surface area contributed by atoms with Crippen LogP contribution in [-0.4, -0.2) is 0 Å². The largest absolute Gasteiger partial charge is 0.0773 e. The highest BCUT2D eigenvalue weighted by atomic mass is 32.0. The van der Waals surface area contributed by atoms with E-state index in [9.17, 15) is 0 Å². The van der Waals surface area contributed by atoms with E-state index in [1.165, 1.54) is 33.4 Å². The van der Waals surface area contributed by atoms with Crippen molar-refractivity contribution >= 4 is 16.5 Å². The molecule has 0 saturated heterocycles. The van der Waals surface area contributed by atoms with Crippen molar-refractivity contribution in [2.75, 3.05) is 0 Å². The Morgan fingerprint density at radius 2 is 0.375 bits per heavy atom. The van der Waals surface area contributed by atoms with Crippen LogP contribution >= 0.6 is 16.5 Å². The molecule has 0 spiro atoms. The van der Waals surface area contributed by atoms with Crippen LogP contribution in [0.4, 0.5) is 0 Å². The van der Waals surface area contributed by atoms with E-state index in [2.05, 4.69) is 182 Å². The summed E-state index contributed by atoms with van der Waals surface area (Å²) in [5.74, 6) is 0. The van der Waals surface area contributed by atoms with Gasteiger partial charge in [-0.05, 0) is 33.4 Å². The van der Waals surface area contributed by atoms with Gasteiger partial charge in [0.15, 0.2) is 0 Å². The molecule has 0 heterocycles. The summed E-state index contributed by atoms with van der Waals surface area (Å²) < 4.78 is 0. The lowest BCUT2D eigenvalue weighted by Gasteiger charge is -2.42. The van der Waals surface area contributed by atoms with Crippen molar-refractivity contribution in [3.8, 4) is 0 Å². The van der Waals surface area contributed by atoms with Crippen molar-refractivity contribution < 1.29 is 0 Å². The summed E-state index contributed by atoms with van der Waals surface area (Å²) in [6.45, 7) is 0. The van der Waals surface area contributed by atoms with Crippen molar-refractivity contribution in [2.45, 2.75) is 10.3 Å². The Kier molecular flexibility index (Phi) is 8.02. The minimum atomic E-state index is -0.286. The summed E-state index contributed by atoms with van der Waals surface area (Å²) in [5.41, 5.74) is 8.01. The van der Waals surface area contributed by atoms with Gasteiger partial charge in [-0.15, -0.1) is 0 Å². The zero-order chi connectivity index (χ0) is 27.1. The third kappa shape index (κ3) is 4.95. The lowest BCUT2D eigenvalue weighted by molar-refractivity contribution is 0.881. The highest BCUT2D eigenvalue weighted by Crippen LogP contribution is 2.69. The summed E-state index contributed by atoms with van der Waals surface area (Å²) in [6, 6.07) is 66.7. The molecular weight excluding hydrogens is 518 g/mol. The molecule has 0 aliphatic rings. The molecule has 6 rings (SSSR count). The van der Waals surface area contributed by atoms with Crippen LogP contribution in [0.3, 0.4) is 0 Å². The van der Waals surface area contributed by atoms with Crippen LogP contribution in [0.2, 0.25) is 0 Å². The molecular formula is C38H32P2. The molecule has 0 fully saturated rings. The highest BCUT2D eigenvalue weighted by molar-refractivity contribution is 8.13. The van der Waals surface area contributed by atoms with Gasteiger partial charge in [-0.2, -0.15) is 0 Å². The fourth-order valence-corrected chi connectivity index (χ4v) is 11.7. The van der Waals surface area contributed by atoms with Gasteiger partial charge in [0, 0.05) is 0 Å². The van der Waals surface area contributed by atoms with Gasteiger partial charge < -0.3 is 0 Å². The lowest BCUT2D eigenvalue weighted by Crippen LogP contribution is -2.27. The molecule has 0 aliphatic heterocycles. The van der Waals surface area contributed by atoms with Crippen molar-refractivity contribution in [3.05, 3.63) is 215 Å². The minimum absolute atomic E-state index is 0.286. The standard InChI is InChI=1S/C38H32P2/c1-7-19-31(20-8-1)37(32-21-9-2-10-22-32,33-23-11-3-12-24-33)39-40-38(34-25-13-4-14-26-34,35-27-15-5-16-28-35)36-29-17-6-18-30-36/h1-30,39-40H. The topological polar surface area (TPSA) is 0 Å². The van der Waals surface area contributed by atoms with Gasteiger partial charge in [0.1, 0.15) is 0 Å². The van der Waals surface area contributed by atoms with E-state index < -0.39 is 0 Å². The lowest BCUT2D eigenvalue weighted by atomic mass is 9.84. The smallest absolute Gasteiger partial charge is 0.0658 e.